The Kier molecular flexibility index (Phi) is 7.57. The average Bonchev–Trinajstić information content (AvgIpc) is 1.63. The molecule has 0 aromatic carbocycles. The third-order valence-corrected chi connectivity index (χ3v) is 0.667. The summed E-state index contributed by atoms with van der Waals surface area (Å²) in [6, 6.07) is 0. The minimum atomic E-state index is -1.27. The molecule has 0 aliphatic carbocycles. The Hall–Kier alpha value is 0.161. The normalized spacial score (nSPS) is 7.60. The van der Waals surface area contributed by atoms with Crippen molar-refractivity contribution in [2.24, 2.45) is 0 Å². The topological polar surface area (TPSA) is 74.6 Å². The van der Waals surface area contributed by atoms with Crippen LogP contribution in [0.1, 0.15) is 6.42 Å². The van der Waals surface area contributed by atoms with Gasteiger partial charge in [0.15, 0.2) is 0 Å². The molecule has 0 aromatic heterocycles. The van der Waals surface area contributed by atoms with E-state index in [9.17, 15) is 9.59 Å². The molecule has 5 heteroatoms. The van der Waals surface area contributed by atoms with Crippen molar-refractivity contribution in [3.05, 3.63) is 12.2 Å². The van der Waals surface area contributed by atoms with Gasteiger partial charge < -0.3 is 10.2 Å². The van der Waals surface area contributed by atoms with Crippen molar-refractivity contribution in [3.63, 3.8) is 0 Å². The van der Waals surface area contributed by atoms with Gasteiger partial charge >= 0.3 is 57.4 Å². The van der Waals surface area contributed by atoms with Gasteiger partial charge in [-0.2, -0.15) is 0 Å². The molecule has 0 saturated heterocycles. The van der Waals surface area contributed by atoms with E-state index in [-0.39, 0.29) is 51.1 Å². The van der Waals surface area contributed by atoms with Crippen molar-refractivity contribution in [2.75, 3.05) is 0 Å². The fourth-order valence-electron chi connectivity index (χ4n) is 0.258. The average molecular weight is 220 g/mol. The summed E-state index contributed by atoms with van der Waals surface area (Å²) in [6.07, 6.45) is -0.505. The van der Waals surface area contributed by atoms with E-state index in [0.29, 0.717) is 0 Å². The second-order valence-corrected chi connectivity index (χ2v) is 1.48. The Morgan fingerprint density at radius 2 is 1.70 bits per heavy atom. The Morgan fingerprint density at radius 1 is 1.30 bits per heavy atom. The molecule has 4 nitrogen and oxygen atoms in total. The van der Waals surface area contributed by atoms with Crippen LogP contribution in [0.2, 0.25) is 0 Å². The van der Waals surface area contributed by atoms with Crippen LogP contribution in [0, 0.1) is 0 Å². The second kappa shape index (κ2) is 5.91. The molecular formula is C5H8O4Sr. The van der Waals surface area contributed by atoms with Crippen LogP contribution in [0.3, 0.4) is 0 Å². The summed E-state index contributed by atoms with van der Waals surface area (Å²) in [5.74, 6) is -2.44. The molecule has 0 aliphatic rings. The Balaban J connectivity index is 0. The van der Waals surface area contributed by atoms with Crippen molar-refractivity contribution >= 4 is 57.4 Å². The van der Waals surface area contributed by atoms with Crippen LogP contribution in [-0.4, -0.2) is 67.6 Å². The molecule has 0 radical (unpaired) electrons. The molecule has 0 amide bonds. The first-order valence-electron chi connectivity index (χ1n) is 2.17. The summed E-state index contributed by atoms with van der Waals surface area (Å²) < 4.78 is 0. The first-order chi connectivity index (χ1) is 4.04. The summed E-state index contributed by atoms with van der Waals surface area (Å²) in [5, 5.41) is 16.1. The van der Waals surface area contributed by atoms with Gasteiger partial charge in [-0.3, -0.25) is 4.79 Å². The summed E-state index contributed by atoms with van der Waals surface area (Å²) in [6.45, 7) is 3.01. The fraction of sp³-hybridized carbons (Fsp3) is 0.200. The van der Waals surface area contributed by atoms with Gasteiger partial charge in [0, 0.05) is 5.57 Å². The van der Waals surface area contributed by atoms with E-state index in [4.69, 9.17) is 10.2 Å². The first-order valence-corrected chi connectivity index (χ1v) is 2.17. The van der Waals surface area contributed by atoms with E-state index in [1.807, 2.05) is 0 Å². The summed E-state index contributed by atoms with van der Waals surface area (Å²) in [4.78, 5) is 19.7. The Bertz CT molecular complexity index is 163. The van der Waals surface area contributed by atoms with Crippen LogP contribution < -0.4 is 0 Å². The number of rotatable bonds is 3. The monoisotopic (exact) mass is 220 g/mol. The van der Waals surface area contributed by atoms with E-state index < -0.39 is 18.4 Å². The summed E-state index contributed by atoms with van der Waals surface area (Å²) in [5.41, 5.74) is -0.303. The molecule has 0 fully saturated rings. The predicted molar refractivity (Wildman–Crippen MR) is 37.6 cm³/mol. The van der Waals surface area contributed by atoms with Crippen LogP contribution in [0.25, 0.3) is 0 Å². The first kappa shape index (κ1) is 12.8. The zero-order chi connectivity index (χ0) is 7.44. The third-order valence-electron chi connectivity index (χ3n) is 0.667. The van der Waals surface area contributed by atoms with E-state index in [1.54, 1.807) is 0 Å². The SMILES string of the molecule is C=C(CC(=O)O)C(=O)O.[SrH2]. The zero-order valence-electron chi connectivity index (χ0n) is 4.63. The number of carbonyl (C=O) groups is 2. The van der Waals surface area contributed by atoms with Crippen molar-refractivity contribution in [1.29, 1.82) is 0 Å². The Labute approximate surface area is 94.8 Å². The van der Waals surface area contributed by atoms with Crippen LogP contribution in [0.15, 0.2) is 12.2 Å². The molecule has 0 aromatic rings. The van der Waals surface area contributed by atoms with Gasteiger partial charge in [-0.25, -0.2) is 4.79 Å². The van der Waals surface area contributed by atoms with Gasteiger partial charge in [0.1, 0.15) is 0 Å². The van der Waals surface area contributed by atoms with Crippen molar-refractivity contribution in [3.8, 4) is 0 Å². The molecule has 0 heterocycles. The third kappa shape index (κ3) is 6.28. The van der Waals surface area contributed by atoms with E-state index in [1.165, 1.54) is 0 Å². The molecule has 0 unspecified atom stereocenters. The van der Waals surface area contributed by atoms with E-state index >= 15 is 0 Å². The van der Waals surface area contributed by atoms with Gasteiger partial charge in [0.25, 0.3) is 0 Å². The molecule has 54 valence electrons. The number of hydrogen-bond acceptors (Lipinski definition) is 2. The quantitative estimate of drug-likeness (QED) is 0.481. The number of carboxylic acids is 2. The number of hydrogen-bond donors (Lipinski definition) is 2. The predicted octanol–water partition coefficient (Wildman–Crippen LogP) is -0.814. The molecule has 2 N–H and O–H groups in total. The van der Waals surface area contributed by atoms with Crippen LogP contribution >= 0.6 is 0 Å². The molecular weight excluding hydrogens is 212 g/mol. The maximum atomic E-state index is 9.87. The molecule has 0 spiro atoms. The number of carboxylic acid groups (broad SMARTS) is 2. The zero-order valence-corrected chi connectivity index (χ0v) is 4.63. The van der Waals surface area contributed by atoms with E-state index in [2.05, 4.69) is 6.58 Å². The molecule has 0 bridgehead atoms. The molecule has 0 atom stereocenters. The second-order valence-electron chi connectivity index (χ2n) is 1.48. The van der Waals surface area contributed by atoms with Gasteiger partial charge in [-0.1, -0.05) is 6.58 Å². The van der Waals surface area contributed by atoms with Crippen LogP contribution in [-0.2, 0) is 9.59 Å². The van der Waals surface area contributed by atoms with Crippen molar-refractivity contribution in [2.45, 2.75) is 6.42 Å². The van der Waals surface area contributed by atoms with Gasteiger partial charge in [-0.05, 0) is 0 Å². The summed E-state index contributed by atoms with van der Waals surface area (Å²) >= 11 is 0. The summed E-state index contributed by atoms with van der Waals surface area (Å²) in [7, 11) is 0. The van der Waals surface area contributed by atoms with Crippen LogP contribution in [0.4, 0.5) is 0 Å². The van der Waals surface area contributed by atoms with Crippen molar-refractivity contribution < 1.29 is 19.8 Å². The molecule has 0 aliphatic heterocycles. The molecule has 10 heavy (non-hydrogen) atoms. The molecule has 0 saturated carbocycles. The van der Waals surface area contributed by atoms with Crippen LogP contribution in [0.5, 0.6) is 0 Å². The van der Waals surface area contributed by atoms with Gasteiger partial charge in [0.2, 0.25) is 0 Å². The molecule has 0 rings (SSSR count). The number of aliphatic carboxylic acids is 2. The van der Waals surface area contributed by atoms with Gasteiger partial charge in [-0.15, -0.1) is 0 Å². The minimum absolute atomic E-state index is 0. The van der Waals surface area contributed by atoms with E-state index in [0.717, 1.165) is 0 Å². The van der Waals surface area contributed by atoms with Crippen molar-refractivity contribution in [1.82, 2.24) is 0 Å². The maximum absolute atomic E-state index is 9.87. The Morgan fingerprint density at radius 3 is 1.80 bits per heavy atom. The fourth-order valence-corrected chi connectivity index (χ4v) is 0.258. The standard InChI is InChI=1S/C5H6O4.Sr.2H/c1-3(5(8)9)2-4(6)7;;;/h1-2H2,(H,6,7)(H,8,9);;;. The van der Waals surface area contributed by atoms with Gasteiger partial charge in [0.05, 0.1) is 6.42 Å².